The molecule has 0 bridgehead atoms. The van der Waals surface area contributed by atoms with Crippen molar-refractivity contribution in [1.29, 1.82) is 0 Å². The third-order valence-electron chi connectivity index (χ3n) is 5.21. The van der Waals surface area contributed by atoms with Gasteiger partial charge in [-0.2, -0.15) is 0 Å². The number of carbonyl (C=O) groups excluding carboxylic acids is 3. The lowest BCUT2D eigenvalue weighted by molar-refractivity contribution is -0.143. The van der Waals surface area contributed by atoms with E-state index in [0.29, 0.717) is 19.4 Å². The van der Waals surface area contributed by atoms with Gasteiger partial charge < -0.3 is 54.2 Å². The Morgan fingerprint density at radius 1 is 0.838 bits per heavy atom. The Balaban J connectivity index is 5.38. The highest BCUT2D eigenvalue weighted by atomic mass is 16.4. The molecular weight excluding hydrogens is 492 g/mol. The molecule has 0 fully saturated rings. The normalized spacial score (nSPS) is 14.8. The molecule has 0 saturated heterocycles. The summed E-state index contributed by atoms with van der Waals surface area (Å²) in [5.74, 6) is -5.18. The maximum atomic E-state index is 12.9. The minimum absolute atomic E-state index is 0.0235. The fourth-order valence-corrected chi connectivity index (χ4v) is 3.13. The number of aliphatic imine (C=N–C) groups is 1. The Kier molecular flexibility index (Phi) is 16.2. The number of carboxylic acid groups (broad SMARTS) is 2. The lowest BCUT2D eigenvalue weighted by Crippen LogP contribution is -2.59. The molecule has 0 spiro atoms. The Hall–Kier alpha value is -3.50. The molecule has 0 saturated carbocycles. The van der Waals surface area contributed by atoms with Gasteiger partial charge in [-0.3, -0.25) is 24.2 Å². The van der Waals surface area contributed by atoms with Gasteiger partial charge in [-0.05, 0) is 52.0 Å². The van der Waals surface area contributed by atoms with Crippen LogP contribution < -0.4 is 38.9 Å². The zero-order valence-electron chi connectivity index (χ0n) is 20.9. The first kappa shape index (κ1) is 33.5. The number of unbranched alkanes of at least 4 members (excludes halogenated alkanes) is 1. The van der Waals surface area contributed by atoms with Gasteiger partial charge in [0.15, 0.2) is 5.96 Å². The van der Waals surface area contributed by atoms with Gasteiger partial charge in [-0.1, -0.05) is 0 Å². The molecule has 5 atom stereocenters. The van der Waals surface area contributed by atoms with E-state index in [1.807, 2.05) is 0 Å². The zero-order valence-corrected chi connectivity index (χ0v) is 20.9. The summed E-state index contributed by atoms with van der Waals surface area (Å²) in [6, 6.07) is -5.24. The van der Waals surface area contributed by atoms with Crippen LogP contribution in [0.25, 0.3) is 0 Å². The third-order valence-corrected chi connectivity index (χ3v) is 5.21. The number of guanidine groups is 1. The van der Waals surface area contributed by atoms with E-state index >= 15 is 0 Å². The second kappa shape index (κ2) is 17.9. The molecule has 0 aliphatic rings. The molecular formula is C21H40N8O8. The third kappa shape index (κ3) is 14.6. The Morgan fingerprint density at radius 3 is 1.95 bits per heavy atom. The summed E-state index contributed by atoms with van der Waals surface area (Å²) in [6.45, 7) is 1.69. The Labute approximate surface area is 214 Å². The van der Waals surface area contributed by atoms with E-state index < -0.39 is 59.9 Å². The number of carbonyl (C=O) groups is 5. The summed E-state index contributed by atoms with van der Waals surface area (Å²) >= 11 is 0. The maximum Gasteiger partial charge on any atom is 0.326 e. The summed E-state index contributed by atoms with van der Waals surface area (Å²) in [5.41, 5.74) is 21.6. The van der Waals surface area contributed by atoms with E-state index in [4.69, 9.17) is 28.0 Å². The summed E-state index contributed by atoms with van der Waals surface area (Å²) < 4.78 is 0. The number of amides is 3. The van der Waals surface area contributed by atoms with Crippen LogP contribution in [-0.4, -0.2) is 94.3 Å². The van der Waals surface area contributed by atoms with Crippen LogP contribution in [0.2, 0.25) is 0 Å². The SMILES string of the molecule is CC(O)C(NC(=O)C(CCCCN)NC(=O)C(N)CCC(=O)O)C(=O)NC(CCCN=C(N)N)C(=O)O. The van der Waals surface area contributed by atoms with Gasteiger partial charge in [0.05, 0.1) is 12.1 Å². The first-order chi connectivity index (χ1) is 17.3. The van der Waals surface area contributed by atoms with E-state index in [-0.39, 0.29) is 44.6 Å². The van der Waals surface area contributed by atoms with Gasteiger partial charge in [0.25, 0.3) is 0 Å². The average molecular weight is 533 g/mol. The molecule has 212 valence electrons. The van der Waals surface area contributed by atoms with Crippen molar-refractivity contribution in [1.82, 2.24) is 16.0 Å². The highest BCUT2D eigenvalue weighted by Gasteiger charge is 2.32. The molecule has 0 aromatic carbocycles. The van der Waals surface area contributed by atoms with Crippen molar-refractivity contribution < 1.29 is 39.3 Å². The average Bonchev–Trinajstić information content (AvgIpc) is 2.81. The van der Waals surface area contributed by atoms with Gasteiger partial charge in [-0.15, -0.1) is 0 Å². The van der Waals surface area contributed by atoms with Crippen LogP contribution >= 0.6 is 0 Å². The predicted molar refractivity (Wildman–Crippen MR) is 133 cm³/mol. The monoisotopic (exact) mass is 532 g/mol. The standard InChI is InChI=1S/C21H40N8O8/c1-11(30)16(19(35)28-14(20(36)37)6-4-10-26-21(24)25)29-18(34)13(5-2-3-9-22)27-17(33)12(23)7-8-15(31)32/h11-14,16,30H,2-10,22-23H2,1H3,(H,27,33)(H,28,35)(H,29,34)(H,31,32)(H,36,37)(H4,24,25,26). The van der Waals surface area contributed by atoms with Crippen LogP contribution in [0.3, 0.4) is 0 Å². The molecule has 0 rings (SSSR count). The molecule has 14 N–H and O–H groups in total. The predicted octanol–water partition coefficient (Wildman–Crippen LogP) is -3.72. The molecule has 0 aliphatic carbocycles. The summed E-state index contributed by atoms with van der Waals surface area (Å²) in [5, 5.41) is 35.3. The van der Waals surface area contributed by atoms with E-state index in [1.165, 1.54) is 6.92 Å². The van der Waals surface area contributed by atoms with Gasteiger partial charge in [0, 0.05) is 13.0 Å². The molecule has 0 heterocycles. The van der Waals surface area contributed by atoms with Crippen molar-refractivity contribution in [3.8, 4) is 0 Å². The number of aliphatic hydroxyl groups excluding tert-OH is 1. The van der Waals surface area contributed by atoms with Gasteiger partial charge in [-0.25, -0.2) is 4.79 Å². The van der Waals surface area contributed by atoms with E-state index in [2.05, 4.69) is 20.9 Å². The molecule has 37 heavy (non-hydrogen) atoms. The van der Waals surface area contributed by atoms with Crippen molar-refractivity contribution in [3.05, 3.63) is 0 Å². The molecule has 5 unspecified atom stereocenters. The second-order valence-electron chi connectivity index (χ2n) is 8.46. The molecule has 16 heteroatoms. The van der Waals surface area contributed by atoms with Gasteiger partial charge in [0.2, 0.25) is 17.7 Å². The smallest absolute Gasteiger partial charge is 0.326 e. The summed E-state index contributed by atoms with van der Waals surface area (Å²) in [7, 11) is 0. The Morgan fingerprint density at radius 2 is 1.43 bits per heavy atom. The largest absolute Gasteiger partial charge is 0.481 e. The topological polar surface area (TPSA) is 299 Å². The number of aliphatic carboxylic acids is 2. The van der Waals surface area contributed by atoms with Crippen LogP contribution in [0.5, 0.6) is 0 Å². The molecule has 0 radical (unpaired) electrons. The minimum atomic E-state index is -1.54. The number of carboxylic acids is 2. The number of nitrogens with two attached hydrogens (primary N) is 4. The lowest BCUT2D eigenvalue weighted by atomic mass is 10.0. The van der Waals surface area contributed by atoms with Crippen LogP contribution in [0.15, 0.2) is 4.99 Å². The highest BCUT2D eigenvalue weighted by Crippen LogP contribution is 2.06. The van der Waals surface area contributed by atoms with Gasteiger partial charge >= 0.3 is 11.9 Å². The van der Waals surface area contributed by atoms with Crippen LogP contribution in [-0.2, 0) is 24.0 Å². The zero-order chi connectivity index (χ0) is 28.5. The number of aliphatic hydroxyl groups is 1. The number of rotatable bonds is 19. The highest BCUT2D eigenvalue weighted by molar-refractivity contribution is 5.94. The quantitative estimate of drug-likeness (QED) is 0.0436. The summed E-state index contributed by atoms with van der Waals surface area (Å²) in [4.78, 5) is 64.1. The van der Waals surface area contributed by atoms with Crippen molar-refractivity contribution in [3.63, 3.8) is 0 Å². The van der Waals surface area contributed by atoms with Crippen molar-refractivity contribution in [2.45, 2.75) is 82.1 Å². The van der Waals surface area contributed by atoms with Crippen molar-refractivity contribution in [2.24, 2.45) is 27.9 Å². The maximum absolute atomic E-state index is 12.9. The number of hydrogen-bond donors (Lipinski definition) is 10. The van der Waals surface area contributed by atoms with Crippen LogP contribution in [0.4, 0.5) is 0 Å². The lowest BCUT2D eigenvalue weighted by Gasteiger charge is -2.26. The van der Waals surface area contributed by atoms with Crippen LogP contribution in [0.1, 0.15) is 51.9 Å². The van der Waals surface area contributed by atoms with E-state index in [1.54, 1.807) is 0 Å². The van der Waals surface area contributed by atoms with Crippen LogP contribution in [0, 0.1) is 0 Å². The van der Waals surface area contributed by atoms with E-state index in [0.717, 1.165) is 0 Å². The first-order valence-electron chi connectivity index (χ1n) is 11.8. The van der Waals surface area contributed by atoms with Crippen molar-refractivity contribution in [2.75, 3.05) is 13.1 Å². The fraction of sp³-hybridized carbons (Fsp3) is 0.714. The molecule has 0 aliphatic heterocycles. The number of hydrogen-bond acceptors (Lipinski definition) is 9. The Bertz CT molecular complexity index is 803. The summed E-state index contributed by atoms with van der Waals surface area (Å²) in [6.07, 6.45) is -0.624. The molecule has 16 nitrogen and oxygen atoms in total. The second-order valence-corrected chi connectivity index (χ2v) is 8.46. The van der Waals surface area contributed by atoms with E-state index in [9.17, 15) is 34.2 Å². The van der Waals surface area contributed by atoms with Crippen molar-refractivity contribution >= 4 is 35.6 Å². The van der Waals surface area contributed by atoms with Gasteiger partial charge in [0.1, 0.15) is 18.1 Å². The molecule has 0 aromatic heterocycles. The minimum Gasteiger partial charge on any atom is -0.481 e. The number of nitrogens with one attached hydrogen (secondary N) is 3. The molecule has 0 aromatic rings. The first-order valence-corrected chi connectivity index (χ1v) is 11.8. The molecule has 3 amide bonds. The number of nitrogens with zero attached hydrogens (tertiary/aromatic N) is 1. The fourth-order valence-electron chi connectivity index (χ4n) is 3.13.